The van der Waals surface area contributed by atoms with Gasteiger partial charge in [-0.1, -0.05) is 0 Å². The third-order valence-corrected chi connectivity index (χ3v) is 5.95. The Kier molecular flexibility index (Phi) is 5.09. The normalized spacial score (nSPS) is 24.4. The van der Waals surface area contributed by atoms with Gasteiger partial charge in [-0.3, -0.25) is 9.78 Å². The van der Waals surface area contributed by atoms with Crippen LogP contribution in [0, 0.1) is 5.92 Å². The molecule has 3 fully saturated rings. The number of aromatic nitrogens is 1. The van der Waals surface area contributed by atoms with Gasteiger partial charge in [0.25, 0.3) is 0 Å². The Morgan fingerprint density at radius 1 is 0.962 bits per heavy atom. The average Bonchev–Trinajstić information content (AvgIpc) is 3.54. The van der Waals surface area contributed by atoms with E-state index < -0.39 is 0 Å². The van der Waals surface area contributed by atoms with Gasteiger partial charge < -0.3 is 15.1 Å². The van der Waals surface area contributed by atoms with Gasteiger partial charge in [0.2, 0.25) is 5.91 Å². The highest BCUT2D eigenvalue weighted by atomic mass is 16.2. The van der Waals surface area contributed by atoms with E-state index in [1.54, 1.807) is 0 Å². The van der Waals surface area contributed by atoms with Gasteiger partial charge in [-0.05, 0) is 62.1 Å². The summed E-state index contributed by atoms with van der Waals surface area (Å²) >= 11 is 0. The second kappa shape index (κ2) is 7.64. The van der Waals surface area contributed by atoms with Crippen LogP contribution in [0.3, 0.4) is 0 Å². The van der Waals surface area contributed by atoms with Crippen LogP contribution in [0.1, 0.15) is 50.0 Å². The monoisotopic (exact) mass is 356 g/mol. The maximum Gasteiger partial charge on any atom is 0.317 e. The molecule has 26 heavy (non-hydrogen) atoms. The van der Waals surface area contributed by atoms with Gasteiger partial charge in [-0.2, -0.15) is 0 Å². The van der Waals surface area contributed by atoms with Crippen molar-refractivity contribution in [1.82, 2.24) is 20.1 Å². The molecule has 0 radical (unpaired) electrons. The van der Waals surface area contributed by atoms with Gasteiger partial charge in [-0.15, -0.1) is 0 Å². The topological polar surface area (TPSA) is 65.5 Å². The lowest BCUT2D eigenvalue weighted by molar-refractivity contribution is -0.133. The summed E-state index contributed by atoms with van der Waals surface area (Å²) in [4.78, 5) is 32.9. The minimum atomic E-state index is 0.0314. The van der Waals surface area contributed by atoms with E-state index in [0.29, 0.717) is 18.4 Å². The molecule has 6 heteroatoms. The number of hydrogen-bond acceptors (Lipinski definition) is 3. The van der Waals surface area contributed by atoms with Crippen molar-refractivity contribution in [3.05, 3.63) is 30.1 Å². The third-order valence-electron chi connectivity index (χ3n) is 5.95. The quantitative estimate of drug-likeness (QED) is 0.904. The lowest BCUT2D eigenvalue weighted by Gasteiger charge is -2.36. The molecular weight excluding hydrogens is 328 g/mol. The van der Waals surface area contributed by atoms with E-state index in [4.69, 9.17) is 0 Å². The Bertz CT molecular complexity index is 638. The molecule has 3 amide bonds. The number of nitrogens with one attached hydrogen (secondary N) is 1. The molecule has 1 aromatic rings. The summed E-state index contributed by atoms with van der Waals surface area (Å²) in [6.07, 6.45) is 9.69. The predicted molar refractivity (Wildman–Crippen MR) is 98.6 cm³/mol. The molecule has 1 atom stereocenters. The Hall–Kier alpha value is -2.11. The van der Waals surface area contributed by atoms with Crippen LogP contribution in [0.15, 0.2) is 24.5 Å². The van der Waals surface area contributed by atoms with E-state index in [1.165, 1.54) is 5.56 Å². The van der Waals surface area contributed by atoms with Crippen molar-refractivity contribution in [2.45, 2.75) is 50.5 Å². The van der Waals surface area contributed by atoms with Crippen molar-refractivity contribution in [2.24, 2.45) is 5.92 Å². The molecule has 6 nitrogen and oxygen atoms in total. The average molecular weight is 356 g/mol. The molecule has 4 rings (SSSR count). The number of carbonyl (C=O) groups excluding carboxylic acids is 2. The van der Waals surface area contributed by atoms with E-state index in [-0.39, 0.29) is 18.0 Å². The first-order chi connectivity index (χ1) is 12.7. The van der Waals surface area contributed by atoms with Crippen molar-refractivity contribution in [2.75, 3.05) is 26.2 Å². The van der Waals surface area contributed by atoms with Crippen LogP contribution in [-0.4, -0.2) is 58.9 Å². The predicted octanol–water partition coefficient (Wildman–Crippen LogP) is 2.37. The minimum absolute atomic E-state index is 0.0314. The highest BCUT2D eigenvalue weighted by Crippen LogP contribution is 2.32. The molecular formula is C20H28N4O2. The highest BCUT2D eigenvalue weighted by molar-refractivity contribution is 5.81. The van der Waals surface area contributed by atoms with Crippen LogP contribution in [0.4, 0.5) is 4.79 Å². The Morgan fingerprint density at radius 2 is 1.69 bits per heavy atom. The summed E-state index contributed by atoms with van der Waals surface area (Å²) in [5.41, 5.74) is 1.32. The maximum absolute atomic E-state index is 12.6. The van der Waals surface area contributed by atoms with E-state index in [0.717, 1.165) is 58.2 Å². The summed E-state index contributed by atoms with van der Waals surface area (Å²) in [7, 11) is 0. The Labute approximate surface area is 155 Å². The van der Waals surface area contributed by atoms with Gasteiger partial charge in [0.05, 0.1) is 0 Å². The Morgan fingerprint density at radius 3 is 2.38 bits per heavy atom. The van der Waals surface area contributed by atoms with E-state index in [1.807, 2.05) is 22.2 Å². The zero-order valence-electron chi connectivity index (χ0n) is 15.3. The molecule has 140 valence electrons. The SMILES string of the molecule is O=C(N[C@H]1CCCN(C(=O)C2CC2)C1)N1CCC(c2ccncc2)CC1. The van der Waals surface area contributed by atoms with Crippen molar-refractivity contribution in [3.63, 3.8) is 0 Å². The molecule has 1 aliphatic carbocycles. The molecule has 0 bridgehead atoms. The van der Waals surface area contributed by atoms with Crippen LogP contribution in [0.2, 0.25) is 0 Å². The fraction of sp³-hybridized carbons (Fsp3) is 0.650. The lowest BCUT2D eigenvalue weighted by atomic mass is 9.90. The summed E-state index contributed by atoms with van der Waals surface area (Å²) < 4.78 is 0. The second-order valence-corrected chi connectivity index (χ2v) is 7.89. The summed E-state index contributed by atoms with van der Waals surface area (Å²) in [5.74, 6) is 1.07. The fourth-order valence-electron chi connectivity index (χ4n) is 4.20. The molecule has 3 aliphatic rings. The van der Waals surface area contributed by atoms with Crippen molar-refractivity contribution in [1.29, 1.82) is 0 Å². The van der Waals surface area contributed by atoms with E-state index >= 15 is 0 Å². The largest absolute Gasteiger partial charge is 0.340 e. The molecule has 1 N–H and O–H groups in total. The fourth-order valence-corrected chi connectivity index (χ4v) is 4.20. The third kappa shape index (κ3) is 4.00. The number of piperidine rings is 2. The minimum Gasteiger partial charge on any atom is -0.340 e. The van der Waals surface area contributed by atoms with Gasteiger partial charge in [0.15, 0.2) is 0 Å². The van der Waals surface area contributed by atoms with Gasteiger partial charge >= 0.3 is 6.03 Å². The van der Waals surface area contributed by atoms with Crippen LogP contribution >= 0.6 is 0 Å². The number of urea groups is 1. The second-order valence-electron chi connectivity index (χ2n) is 7.89. The zero-order valence-corrected chi connectivity index (χ0v) is 15.3. The Balaban J connectivity index is 1.25. The van der Waals surface area contributed by atoms with Crippen LogP contribution in [0.25, 0.3) is 0 Å². The van der Waals surface area contributed by atoms with Crippen molar-refractivity contribution < 1.29 is 9.59 Å². The van der Waals surface area contributed by atoms with Crippen molar-refractivity contribution >= 4 is 11.9 Å². The van der Waals surface area contributed by atoms with Gasteiger partial charge in [0.1, 0.15) is 0 Å². The first kappa shape index (κ1) is 17.3. The van der Waals surface area contributed by atoms with Gasteiger partial charge in [0, 0.05) is 50.5 Å². The van der Waals surface area contributed by atoms with Gasteiger partial charge in [-0.25, -0.2) is 4.79 Å². The van der Waals surface area contributed by atoms with E-state index in [2.05, 4.69) is 22.4 Å². The summed E-state index contributed by atoms with van der Waals surface area (Å²) in [6.45, 7) is 3.10. The molecule has 0 aromatic carbocycles. The zero-order chi connectivity index (χ0) is 17.9. The van der Waals surface area contributed by atoms with E-state index in [9.17, 15) is 9.59 Å². The first-order valence-electron chi connectivity index (χ1n) is 9.95. The molecule has 0 unspecified atom stereocenters. The molecule has 1 aromatic heterocycles. The number of pyridine rings is 1. The van der Waals surface area contributed by atoms with Crippen molar-refractivity contribution in [3.8, 4) is 0 Å². The smallest absolute Gasteiger partial charge is 0.317 e. The molecule has 2 saturated heterocycles. The molecule has 2 aliphatic heterocycles. The number of nitrogens with zero attached hydrogens (tertiary/aromatic N) is 3. The number of carbonyl (C=O) groups is 2. The summed E-state index contributed by atoms with van der Waals surface area (Å²) in [5, 5.41) is 3.17. The summed E-state index contributed by atoms with van der Waals surface area (Å²) in [6, 6.07) is 4.28. The first-order valence-corrected chi connectivity index (χ1v) is 9.95. The number of amides is 3. The molecule has 3 heterocycles. The standard InChI is InChI=1S/C20H28N4O2/c25-19(17-3-4-17)24-11-1-2-18(14-24)22-20(26)23-12-7-16(8-13-23)15-5-9-21-10-6-15/h5-6,9-10,16-18H,1-4,7-8,11-14H2,(H,22,26)/t18-/m0/s1. The lowest BCUT2D eigenvalue weighted by Crippen LogP contribution is -2.54. The van der Waals surface area contributed by atoms with Crippen LogP contribution < -0.4 is 5.32 Å². The van der Waals surface area contributed by atoms with Crippen LogP contribution in [0.5, 0.6) is 0 Å². The molecule has 0 spiro atoms. The molecule has 1 saturated carbocycles. The number of rotatable bonds is 3. The number of hydrogen-bond donors (Lipinski definition) is 1. The van der Waals surface area contributed by atoms with Crippen LogP contribution in [-0.2, 0) is 4.79 Å². The maximum atomic E-state index is 12.6. The number of likely N-dealkylation sites (tertiary alicyclic amines) is 2. The highest BCUT2D eigenvalue weighted by Gasteiger charge is 2.36.